The number of carbonyl (C=O) groups excluding carboxylic acids is 1. The van der Waals surface area contributed by atoms with E-state index in [0.717, 1.165) is 32.5 Å². The molecule has 1 saturated heterocycles. The van der Waals surface area contributed by atoms with E-state index in [1.54, 1.807) is 0 Å². The molecule has 1 saturated carbocycles. The van der Waals surface area contributed by atoms with Gasteiger partial charge in [-0.15, -0.1) is 0 Å². The maximum atomic E-state index is 12.1. The summed E-state index contributed by atoms with van der Waals surface area (Å²) >= 11 is 0. The Balaban J connectivity index is 1.18. The predicted octanol–water partition coefficient (Wildman–Crippen LogP) is 1.04. The van der Waals surface area contributed by atoms with E-state index < -0.39 is 0 Å². The zero-order chi connectivity index (χ0) is 16.4. The fourth-order valence-corrected chi connectivity index (χ4v) is 4.49. The van der Waals surface area contributed by atoms with Gasteiger partial charge in [-0.25, -0.2) is 0 Å². The molecule has 1 unspecified atom stereocenters. The molecule has 24 heavy (non-hydrogen) atoms. The zero-order valence-electron chi connectivity index (χ0n) is 14.3. The summed E-state index contributed by atoms with van der Waals surface area (Å²) in [5.74, 6) is 0.115. The maximum absolute atomic E-state index is 12.1. The van der Waals surface area contributed by atoms with Crippen LogP contribution in [0.15, 0.2) is 24.3 Å². The first-order valence-corrected chi connectivity index (χ1v) is 9.35. The molecule has 1 aliphatic carbocycles. The van der Waals surface area contributed by atoms with Gasteiger partial charge in [-0.05, 0) is 50.3 Å². The van der Waals surface area contributed by atoms with Crippen molar-refractivity contribution >= 4 is 11.6 Å². The Labute approximate surface area is 144 Å². The molecule has 2 fully saturated rings. The van der Waals surface area contributed by atoms with Crippen LogP contribution in [-0.2, 0) is 11.2 Å². The molecular formula is C19H28N4O. The number of carbonyl (C=O) groups is 1. The molecule has 0 aromatic heterocycles. The summed E-state index contributed by atoms with van der Waals surface area (Å²) in [7, 11) is 0. The first-order valence-electron chi connectivity index (χ1n) is 9.35. The number of anilines is 1. The lowest BCUT2D eigenvalue weighted by Gasteiger charge is -2.43. The fraction of sp³-hybridized carbons (Fsp3) is 0.632. The van der Waals surface area contributed by atoms with Crippen LogP contribution in [0.5, 0.6) is 0 Å². The van der Waals surface area contributed by atoms with Crippen LogP contribution in [0.25, 0.3) is 0 Å². The second kappa shape index (κ2) is 6.73. The molecule has 130 valence electrons. The fourth-order valence-electron chi connectivity index (χ4n) is 4.49. The summed E-state index contributed by atoms with van der Waals surface area (Å²) in [6.07, 6.45) is 6.07. The summed E-state index contributed by atoms with van der Waals surface area (Å²) < 4.78 is 0. The summed E-state index contributed by atoms with van der Waals surface area (Å²) in [5, 5.41) is 10.2. The quantitative estimate of drug-likeness (QED) is 0.730. The third kappa shape index (κ3) is 3.03. The molecule has 1 aromatic carbocycles. The molecule has 1 aromatic rings. The van der Waals surface area contributed by atoms with Crippen molar-refractivity contribution in [3.8, 4) is 0 Å². The van der Waals surface area contributed by atoms with Crippen LogP contribution >= 0.6 is 0 Å². The van der Waals surface area contributed by atoms with Gasteiger partial charge in [-0.1, -0.05) is 18.2 Å². The second-order valence-corrected chi connectivity index (χ2v) is 7.37. The number of fused-ring (bicyclic) bond motifs is 1. The minimum absolute atomic E-state index is 0.115. The zero-order valence-corrected chi connectivity index (χ0v) is 14.3. The van der Waals surface area contributed by atoms with Gasteiger partial charge < -0.3 is 20.9 Å². The highest BCUT2D eigenvalue weighted by molar-refractivity contribution is 5.78. The largest absolute Gasteiger partial charge is 0.369 e. The van der Waals surface area contributed by atoms with Crippen molar-refractivity contribution in [2.24, 2.45) is 0 Å². The minimum Gasteiger partial charge on any atom is -0.369 e. The molecule has 3 N–H and O–H groups in total. The average Bonchev–Trinajstić information content (AvgIpc) is 3.17. The van der Waals surface area contributed by atoms with Crippen molar-refractivity contribution in [2.45, 2.75) is 43.7 Å². The summed E-state index contributed by atoms with van der Waals surface area (Å²) in [5.41, 5.74) is 3.04. The van der Waals surface area contributed by atoms with Gasteiger partial charge in [0.2, 0.25) is 5.91 Å². The number of nitrogens with zero attached hydrogens (tertiary/aromatic N) is 1. The Morgan fingerprint density at radius 2 is 2.21 bits per heavy atom. The number of hydrogen-bond acceptors (Lipinski definition) is 4. The third-order valence-corrected chi connectivity index (χ3v) is 6.02. The summed E-state index contributed by atoms with van der Waals surface area (Å²) in [4.78, 5) is 14.5. The number of rotatable bonds is 6. The molecule has 1 atom stereocenters. The van der Waals surface area contributed by atoms with Crippen LogP contribution in [0.1, 0.15) is 31.2 Å². The molecule has 2 aliphatic heterocycles. The van der Waals surface area contributed by atoms with Crippen molar-refractivity contribution in [1.29, 1.82) is 0 Å². The maximum Gasteiger partial charge on any atom is 0.234 e. The lowest BCUT2D eigenvalue weighted by atomic mass is 9.73. The molecule has 1 amide bonds. The Kier molecular flexibility index (Phi) is 4.46. The van der Waals surface area contributed by atoms with Gasteiger partial charge in [0.05, 0.1) is 6.54 Å². The van der Waals surface area contributed by atoms with Crippen LogP contribution in [0.4, 0.5) is 5.69 Å². The number of nitrogens with one attached hydrogen (secondary N) is 3. The molecule has 5 heteroatoms. The van der Waals surface area contributed by atoms with Crippen molar-refractivity contribution in [3.05, 3.63) is 29.8 Å². The van der Waals surface area contributed by atoms with Gasteiger partial charge in [-0.2, -0.15) is 0 Å². The van der Waals surface area contributed by atoms with Crippen molar-refractivity contribution in [1.82, 2.24) is 16.0 Å². The molecule has 0 bridgehead atoms. The Morgan fingerprint density at radius 1 is 1.33 bits per heavy atom. The van der Waals surface area contributed by atoms with E-state index >= 15 is 0 Å². The smallest absolute Gasteiger partial charge is 0.234 e. The van der Waals surface area contributed by atoms with Gasteiger partial charge >= 0.3 is 0 Å². The molecule has 1 spiro atoms. The highest BCUT2D eigenvalue weighted by Crippen LogP contribution is 2.38. The van der Waals surface area contributed by atoms with Gasteiger partial charge in [0.1, 0.15) is 0 Å². The average molecular weight is 328 g/mol. The van der Waals surface area contributed by atoms with Gasteiger partial charge in [0, 0.05) is 36.9 Å². The van der Waals surface area contributed by atoms with E-state index in [4.69, 9.17) is 0 Å². The van der Waals surface area contributed by atoms with Crippen LogP contribution in [0.2, 0.25) is 0 Å². The van der Waals surface area contributed by atoms with E-state index in [9.17, 15) is 4.79 Å². The van der Waals surface area contributed by atoms with Gasteiger partial charge in [0.15, 0.2) is 0 Å². The minimum atomic E-state index is 0.115. The molecular weight excluding hydrogens is 300 g/mol. The molecule has 0 radical (unpaired) electrons. The number of amides is 1. The summed E-state index contributed by atoms with van der Waals surface area (Å²) in [6.45, 7) is 4.17. The molecule has 3 aliphatic rings. The highest BCUT2D eigenvalue weighted by Gasteiger charge is 2.46. The second-order valence-electron chi connectivity index (χ2n) is 7.37. The van der Waals surface area contributed by atoms with Gasteiger partial charge in [-0.3, -0.25) is 4.79 Å². The summed E-state index contributed by atoms with van der Waals surface area (Å²) in [6, 6.07) is 9.02. The van der Waals surface area contributed by atoms with Crippen LogP contribution in [0.3, 0.4) is 0 Å². The Morgan fingerprint density at radius 3 is 3.04 bits per heavy atom. The van der Waals surface area contributed by atoms with Crippen LogP contribution in [0, 0.1) is 0 Å². The van der Waals surface area contributed by atoms with Gasteiger partial charge in [0.25, 0.3) is 0 Å². The van der Waals surface area contributed by atoms with Crippen LogP contribution < -0.4 is 20.9 Å². The SMILES string of the molecule is O=C(CNC1CCNC12CCC2)NCCN1CCc2ccccc21. The molecule has 5 nitrogen and oxygen atoms in total. The molecule has 4 rings (SSSR count). The lowest BCUT2D eigenvalue weighted by Crippen LogP contribution is -2.59. The topological polar surface area (TPSA) is 56.4 Å². The molecule has 2 heterocycles. The number of benzene rings is 1. The Hall–Kier alpha value is -1.59. The monoisotopic (exact) mass is 328 g/mol. The standard InChI is InChI=1S/C19H28N4O/c24-18(14-21-17-6-10-22-19(17)8-3-9-19)20-11-13-23-12-7-15-4-1-2-5-16(15)23/h1-2,4-5,17,21-22H,3,6-14H2,(H,20,24). The van der Waals surface area contributed by atoms with E-state index in [0.29, 0.717) is 24.7 Å². The predicted molar refractivity (Wildman–Crippen MR) is 96.4 cm³/mol. The van der Waals surface area contributed by atoms with Crippen molar-refractivity contribution < 1.29 is 4.79 Å². The lowest BCUT2D eigenvalue weighted by molar-refractivity contribution is -0.120. The van der Waals surface area contributed by atoms with Crippen LogP contribution in [-0.4, -0.2) is 50.2 Å². The van der Waals surface area contributed by atoms with Crippen molar-refractivity contribution in [2.75, 3.05) is 37.6 Å². The Bertz CT molecular complexity index is 599. The first-order chi connectivity index (χ1) is 11.8. The third-order valence-electron chi connectivity index (χ3n) is 6.02. The first kappa shape index (κ1) is 15.9. The van der Waals surface area contributed by atoms with E-state index in [1.807, 2.05) is 0 Å². The van der Waals surface area contributed by atoms with Crippen molar-refractivity contribution in [3.63, 3.8) is 0 Å². The normalized spacial score (nSPS) is 24.0. The number of hydrogen-bond donors (Lipinski definition) is 3. The number of para-hydroxylation sites is 1. The van der Waals surface area contributed by atoms with E-state index in [2.05, 4.69) is 45.1 Å². The van der Waals surface area contributed by atoms with E-state index in [1.165, 1.54) is 30.5 Å². The highest BCUT2D eigenvalue weighted by atomic mass is 16.1. The van der Waals surface area contributed by atoms with E-state index in [-0.39, 0.29) is 5.91 Å².